The van der Waals surface area contributed by atoms with Crippen LogP contribution in [0.15, 0.2) is 0 Å². The van der Waals surface area contributed by atoms with Crippen LogP contribution in [0, 0.1) is 23.2 Å². The second-order valence-electron chi connectivity index (χ2n) is 7.49. The van der Waals surface area contributed by atoms with Crippen molar-refractivity contribution in [2.24, 2.45) is 23.2 Å². The average Bonchev–Trinajstić information content (AvgIpc) is 2.25. The summed E-state index contributed by atoms with van der Waals surface area (Å²) >= 11 is 0. The Balaban J connectivity index is 1.73. The lowest BCUT2D eigenvalue weighted by molar-refractivity contribution is -0.0583. The van der Waals surface area contributed by atoms with Crippen molar-refractivity contribution in [3.63, 3.8) is 0 Å². The van der Waals surface area contributed by atoms with E-state index in [2.05, 4.69) is 0 Å². The highest BCUT2D eigenvalue weighted by Gasteiger charge is 2.51. The number of hydrogen-bond donors (Lipinski definition) is 0. The van der Waals surface area contributed by atoms with Crippen molar-refractivity contribution < 1.29 is 8.42 Å². The molecule has 0 heterocycles. The van der Waals surface area contributed by atoms with Crippen molar-refractivity contribution in [2.45, 2.75) is 51.9 Å². The number of hydrogen-bond acceptors (Lipinski definition) is 2. The monoisotopic (exact) mass is 285 g/mol. The Labute approximate surface area is 117 Å². The fourth-order valence-electron chi connectivity index (χ4n) is 5.47. The molecule has 0 aromatic heterocycles. The molecule has 4 fully saturated rings. The van der Waals surface area contributed by atoms with E-state index in [1.807, 2.05) is 6.92 Å². The summed E-state index contributed by atoms with van der Waals surface area (Å²) in [6.45, 7) is 2.72. The van der Waals surface area contributed by atoms with Crippen molar-refractivity contribution in [2.75, 3.05) is 19.3 Å². The standard InChI is InChI=1S/C15H27NO2S/c1-3-4-19(17,18)16(2)11-15-8-12-5-13(9-15)7-14(6-12)10-15/h12-14H,3-11H2,1-2H3. The fraction of sp³-hybridized carbons (Fsp3) is 1.00. The largest absolute Gasteiger partial charge is 0.213 e. The summed E-state index contributed by atoms with van der Waals surface area (Å²) in [6, 6.07) is 0. The number of nitrogens with zero attached hydrogens (tertiary/aromatic N) is 1. The summed E-state index contributed by atoms with van der Waals surface area (Å²) in [5.74, 6) is 2.99. The first-order valence-electron chi connectivity index (χ1n) is 7.86. The smallest absolute Gasteiger partial charge is 0.212 e. The third kappa shape index (κ3) is 2.58. The molecular weight excluding hydrogens is 258 g/mol. The molecule has 4 rings (SSSR count). The second-order valence-corrected chi connectivity index (χ2v) is 9.69. The van der Waals surface area contributed by atoms with Crippen molar-refractivity contribution >= 4 is 10.0 Å². The zero-order chi connectivity index (χ0) is 13.7. The third-order valence-electron chi connectivity index (χ3n) is 5.66. The number of rotatable bonds is 5. The van der Waals surface area contributed by atoms with Gasteiger partial charge in [-0.25, -0.2) is 12.7 Å². The van der Waals surface area contributed by atoms with E-state index in [0.29, 0.717) is 17.6 Å². The highest BCUT2D eigenvalue weighted by Crippen LogP contribution is 2.60. The molecule has 0 spiro atoms. The van der Waals surface area contributed by atoms with Crippen LogP contribution in [0.1, 0.15) is 51.9 Å². The molecule has 0 atom stereocenters. The molecule has 0 saturated heterocycles. The Bertz CT molecular complexity index is 408. The zero-order valence-corrected chi connectivity index (χ0v) is 13.1. The summed E-state index contributed by atoms with van der Waals surface area (Å²) < 4.78 is 26.0. The van der Waals surface area contributed by atoms with Crippen LogP contribution in [0.5, 0.6) is 0 Å². The topological polar surface area (TPSA) is 37.4 Å². The van der Waals surface area contributed by atoms with E-state index in [-0.39, 0.29) is 0 Å². The molecule has 0 unspecified atom stereocenters. The Kier molecular flexibility index (Phi) is 3.45. The Hall–Kier alpha value is -0.0900. The van der Waals surface area contributed by atoms with E-state index in [9.17, 15) is 8.42 Å². The van der Waals surface area contributed by atoms with E-state index in [4.69, 9.17) is 0 Å². The van der Waals surface area contributed by atoms with Crippen LogP contribution in [0.4, 0.5) is 0 Å². The number of sulfonamides is 1. The van der Waals surface area contributed by atoms with Crippen LogP contribution in [0.3, 0.4) is 0 Å². The molecule has 4 heteroatoms. The van der Waals surface area contributed by atoms with Crippen molar-refractivity contribution in [3.05, 3.63) is 0 Å². The molecule has 4 aliphatic carbocycles. The van der Waals surface area contributed by atoms with Gasteiger partial charge in [-0.15, -0.1) is 0 Å². The molecule has 4 saturated carbocycles. The van der Waals surface area contributed by atoms with Crippen LogP contribution in [-0.4, -0.2) is 32.1 Å². The lowest BCUT2D eigenvalue weighted by atomic mass is 9.49. The third-order valence-corrected chi connectivity index (χ3v) is 7.66. The average molecular weight is 285 g/mol. The molecular formula is C15H27NO2S. The van der Waals surface area contributed by atoms with Gasteiger partial charge in [0.05, 0.1) is 5.75 Å². The van der Waals surface area contributed by atoms with Crippen molar-refractivity contribution in [1.82, 2.24) is 4.31 Å². The quantitative estimate of drug-likeness (QED) is 0.779. The summed E-state index contributed by atoms with van der Waals surface area (Å²) in [7, 11) is -1.23. The van der Waals surface area contributed by atoms with E-state index >= 15 is 0 Å². The van der Waals surface area contributed by atoms with Crippen LogP contribution in [0.25, 0.3) is 0 Å². The Morgan fingerprint density at radius 1 is 1.05 bits per heavy atom. The maximum absolute atomic E-state index is 12.2. The van der Waals surface area contributed by atoms with Gasteiger partial charge in [0.2, 0.25) is 10.0 Å². The predicted molar refractivity (Wildman–Crippen MR) is 77.3 cm³/mol. The highest BCUT2D eigenvalue weighted by atomic mass is 32.2. The first-order valence-corrected chi connectivity index (χ1v) is 9.47. The minimum atomic E-state index is -3.02. The summed E-state index contributed by atoms with van der Waals surface area (Å²) in [5.41, 5.74) is 0.324. The normalized spacial score (nSPS) is 41.1. The summed E-state index contributed by atoms with van der Waals surface area (Å²) in [4.78, 5) is 0. The predicted octanol–water partition coefficient (Wildman–Crippen LogP) is 2.87. The highest BCUT2D eigenvalue weighted by molar-refractivity contribution is 7.89. The van der Waals surface area contributed by atoms with Gasteiger partial charge in [-0.2, -0.15) is 0 Å². The Morgan fingerprint density at radius 2 is 1.53 bits per heavy atom. The minimum absolute atomic E-state index is 0.301. The van der Waals surface area contributed by atoms with Gasteiger partial charge in [0, 0.05) is 13.6 Å². The molecule has 0 amide bonds. The first-order chi connectivity index (χ1) is 8.92. The molecule has 4 bridgehead atoms. The molecule has 19 heavy (non-hydrogen) atoms. The summed E-state index contributed by atoms with van der Waals surface area (Å²) in [5, 5.41) is 0. The SMILES string of the molecule is CCCS(=O)(=O)N(C)CC12CC3CC(CC(C3)C1)C2. The molecule has 110 valence electrons. The summed E-state index contributed by atoms with van der Waals surface area (Å²) in [6.07, 6.45) is 8.83. The molecule has 0 radical (unpaired) electrons. The van der Waals surface area contributed by atoms with Crippen LogP contribution in [-0.2, 0) is 10.0 Å². The van der Waals surface area contributed by atoms with E-state index in [1.165, 1.54) is 38.5 Å². The maximum atomic E-state index is 12.2. The van der Waals surface area contributed by atoms with E-state index in [1.54, 1.807) is 11.4 Å². The van der Waals surface area contributed by atoms with Gasteiger partial charge in [0.1, 0.15) is 0 Å². The van der Waals surface area contributed by atoms with Crippen LogP contribution in [0.2, 0.25) is 0 Å². The Morgan fingerprint density at radius 3 is 1.95 bits per heavy atom. The van der Waals surface area contributed by atoms with Crippen LogP contribution >= 0.6 is 0 Å². The van der Waals surface area contributed by atoms with Gasteiger partial charge in [0.25, 0.3) is 0 Å². The lowest BCUT2D eigenvalue weighted by Gasteiger charge is -2.57. The lowest BCUT2D eigenvalue weighted by Crippen LogP contribution is -2.51. The van der Waals surface area contributed by atoms with E-state index < -0.39 is 10.0 Å². The minimum Gasteiger partial charge on any atom is -0.212 e. The van der Waals surface area contributed by atoms with Gasteiger partial charge in [-0.1, -0.05) is 6.92 Å². The fourth-order valence-corrected chi connectivity index (χ4v) is 6.77. The van der Waals surface area contributed by atoms with Gasteiger partial charge >= 0.3 is 0 Å². The van der Waals surface area contributed by atoms with Gasteiger partial charge < -0.3 is 0 Å². The molecule has 0 aromatic rings. The molecule has 0 aromatic carbocycles. The van der Waals surface area contributed by atoms with Crippen molar-refractivity contribution in [1.29, 1.82) is 0 Å². The molecule has 0 N–H and O–H groups in total. The van der Waals surface area contributed by atoms with E-state index in [0.717, 1.165) is 24.3 Å². The maximum Gasteiger partial charge on any atom is 0.213 e. The first kappa shape index (κ1) is 13.9. The molecule has 3 nitrogen and oxygen atoms in total. The van der Waals surface area contributed by atoms with Gasteiger partial charge in [0.15, 0.2) is 0 Å². The molecule has 0 aliphatic heterocycles. The van der Waals surface area contributed by atoms with Gasteiger partial charge in [-0.05, 0) is 68.1 Å². The second kappa shape index (κ2) is 4.73. The molecule has 4 aliphatic rings. The van der Waals surface area contributed by atoms with Crippen molar-refractivity contribution in [3.8, 4) is 0 Å². The zero-order valence-electron chi connectivity index (χ0n) is 12.3. The van der Waals surface area contributed by atoms with Crippen LogP contribution < -0.4 is 0 Å². The van der Waals surface area contributed by atoms with Gasteiger partial charge in [-0.3, -0.25) is 0 Å².